The summed E-state index contributed by atoms with van der Waals surface area (Å²) in [5, 5.41) is 3.56. The Morgan fingerprint density at radius 3 is 2.67 bits per heavy atom. The topological polar surface area (TPSA) is 24.5 Å². The fraction of sp³-hybridized carbons (Fsp3) is 0.667. The first kappa shape index (κ1) is 16.5. The van der Waals surface area contributed by atoms with Crippen LogP contribution in [0.2, 0.25) is 0 Å². The van der Waals surface area contributed by atoms with Crippen LogP contribution in [0.5, 0.6) is 0 Å². The zero-order valence-corrected chi connectivity index (χ0v) is 13.9. The van der Waals surface area contributed by atoms with Gasteiger partial charge in [0.15, 0.2) is 0 Å². The molecule has 1 fully saturated rings. The van der Waals surface area contributed by atoms with Crippen molar-refractivity contribution in [2.75, 3.05) is 19.7 Å². The van der Waals surface area contributed by atoms with Crippen molar-refractivity contribution < 1.29 is 4.74 Å². The summed E-state index contributed by atoms with van der Waals surface area (Å²) in [6, 6.07) is 9.30. The van der Waals surface area contributed by atoms with Crippen LogP contribution >= 0.6 is 0 Å². The molecule has 1 N–H and O–H groups in total. The number of nitrogens with zero attached hydrogens (tertiary/aromatic N) is 1. The van der Waals surface area contributed by atoms with Crippen LogP contribution in [-0.4, -0.2) is 36.7 Å². The van der Waals surface area contributed by atoms with E-state index in [-0.39, 0.29) is 0 Å². The van der Waals surface area contributed by atoms with Gasteiger partial charge >= 0.3 is 0 Å². The van der Waals surface area contributed by atoms with E-state index in [0.29, 0.717) is 18.1 Å². The van der Waals surface area contributed by atoms with Gasteiger partial charge in [0.1, 0.15) is 0 Å². The lowest BCUT2D eigenvalue weighted by Crippen LogP contribution is -2.46. The Morgan fingerprint density at radius 1 is 1.24 bits per heavy atom. The third-order valence-corrected chi connectivity index (χ3v) is 4.10. The Morgan fingerprint density at radius 2 is 1.95 bits per heavy atom. The fourth-order valence-electron chi connectivity index (χ4n) is 2.79. The highest BCUT2D eigenvalue weighted by Gasteiger charge is 2.23. The second-order valence-corrected chi connectivity index (χ2v) is 6.72. The number of morpholine rings is 1. The zero-order valence-electron chi connectivity index (χ0n) is 13.9. The maximum atomic E-state index is 5.73. The Labute approximate surface area is 129 Å². The molecule has 2 unspecified atom stereocenters. The minimum absolute atomic E-state index is 0.340. The lowest BCUT2D eigenvalue weighted by Gasteiger charge is -2.37. The van der Waals surface area contributed by atoms with Gasteiger partial charge in [0.05, 0.1) is 12.7 Å². The Kier molecular flexibility index (Phi) is 6.22. The SMILES string of the molecule is CC(C)CNCc1ccccc1CN1CC(C)OCC1C. The van der Waals surface area contributed by atoms with Gasteiger partial charge in [-0.2, -0.15) is 0 Å². The quantitative estimate of drug-likeness (QED) is 0.871. The number of hydrogen-bond donors (Lipinski definition) is 1. The Balaban J connectivity index is 1.98. The Hall–Kier alpha value is -0.900. The summed E-state index contributed by atoms with van der Waals surface area (Å²) in [4.78, 5) is 2.54. The molecule has 21 heavy (non-hydrogen) atoms. The summed E-state index contributed by atoms with van der Waals surface area (Å²) >= 11 is 0. The second kappa shape index (κ2) is 7.92. The van der Waals surface area contributed by atoms with Crippen molar-refractivity contribution in [3.05, 3.63) is 35.4 Å². The normalized spacial score (nSPS) is 23.7. The maximum absolute atomic E-state index is 5.73. The molecule has 0 bridgehead atoms. The lowest BCUT2D eigenvalue weighted by atomic mass is 10.0. The summed E-state index contributed by atoms with van der Waals surface area (Å²) in [6.45, 7) is 13.8. The predicted molar refractivity (Wildman–Crippen MR) is 88.3 cm³/mol. The summed E-state index contributed by atoms with van der Waals surface area (Å²) < 4.78 is 5.73. The fourth-order valence-corrected chi connectivity index (χ4v) is 2.79. The van der Waals surface area contributed by atoms with E-state index in [1.54, 1.807) is 0 Å². The highest BCUT2D eigenvalue weighted by molar-refractivity contribution is 5.27. The summed E-state index contributed by atoms with van der Waals surface area (Å²) in [6.07, 6.45) is 0.340. The average Bonchev–Trinajstić information content (AvgIpc) is 2.44. The third kappa shape index (κ3) is 5.10. The zero-order chi connectivity index (χ0) is 15.2. The van der Waals surface area contributed by atoms with E-state index in [1.807, 2.05) is 0 Å². The molecule has 1 aromatic carbocycles. The second-order valence-electron chi connectivity index (χ2n) is 6.72. The third-order valence-electron chi connectivity index (χ3n) is 4.10. The largest absolute Gasteiger partial charge is 0.376 e. The molecule has 0 saturated carbocycles. The first-order valence-corrected chi connectivity index (χ1v) is 8.19. The van der Waals surface area contributed by atoms with Gasteiger partial charge < -0.3 is 10.1 Å². The molecule has 3 nitrogen and oxygen atoms in total. The van der Waals surface area contributed by atoms with E-state index >= 15 is 0 Å². The van der Waals surface area contributed by atoms with Crippen LogP contribution in [0.4, 0.5) is 0 Å². The van der Waals surface area contributed by atoms with Crippen LogP contribution in [0, 0.1) is 5.92 Å². The van der Waals surface area contributed by atoms with E-state index in [9.17, 15) is 0 Å². The monoisotopic (exact) mass is 290 g/mol. The van der Waals surface area contributed by atoms with Gasteiger partial charge in [-0.3, -0.25) is 4.90 Å². The number of benzene rings is 1. The summed E-state index contributed by atoms with van der Waals surface area (Å²) in [7, 11) is 0. The molecule has 1 aliphatic heterocycles. The molecule has 2 rings (SSSR count). The highest BCUT2D eigenvalue weighted by atomic mass is 16.5. The van der Waals surface area contributed by atoms with Gasteiger partial charge in [-0.15, -0.1) is 0 Å². The predicted octanol–water partition coefficient (Wildman–Crippen LogP) is 3.04. The molecular formula is C18H30N2O. The molecule has 0 aliphatic carbocycles. The van der Waals surface area contributed by atoms with E-state index in [2.05, 4.69) is 62.2 Å². The molecule has 3 heteroatoms. The van der Waals surface area contributed by atoms with Crippen molar-refractivity contribution >= 4 is 0 Å². The molecule has 2 atom stereocenters. The van der Waals surface area contributed by atoms with Crippen LogP contribution < -0.4 is 5.32 Å². The van der Waals surface area contributed by atoms with Crippen molar-refractivity contribution in [3.63, 3.8) is 0 Å². The van der Waals surface area contributed by atoms with Gasteiger partial charge in [0.2, 0.25) is 0 Å². The number of rotatable bonds is 6. The first-order valence-electron chi connectivity index (χ1n) is 8.19. The first-order chi connectivity index (χ1) is 10.1. The number of nitrogens with one attached hydrogen (secondary N) is 1. The van der Waals surface area contributed by atoms with E-state index < -0.39 is 0 Å². The van der Waals surface area contributed by atoms with Crippen molar-refractivity contribution in [3.8, 4) is 0 Å². The van der Waals surface area contributed by atoms with Crippen LogP contribution in [0.15, 0.2) is 24.3 Å². The van der Waals surface area contributed by atoms with Crippen LogP contribution in [-0.2, 0) is 17.8 Å². The van der Waals surface area contributed by atoms with Crippen LogP contribution in [0.3, 0.4) is 0 Å². The van der Waals surface area contributed by atoms with E-state index in [1.165, 1.54) is 11.1 Å². The smallest absolute Gasteiger partial charge is 0.0674 e. The summed E-state index contributed by atoms with van der Waals surface area (Å²) in [5.74, 6) is 0.692. The lowest BCUT2D eigenvalue weighted by molar-refractivity contribution is -0.0527. The molecule has 0 aromatic heterocycles. The molecule has 0 spiro atoms. The van der Waals surface area contributed by atoms with E-state index in [0.717, 1.165) is 32.8 Å². The number of ether oxygens (including phenoxy) is 1. The number of hydrogen-bond acceptors (Lipinski definition) is 3. The van der Waals surface area contributed by atoms with Gasteiger partial charge in [-0.1, -0.05) is 38.1 Å². The van der Waals surface area contributed by atoms with Crippen LogP contribution in [0.1, 0.15) is 38.8 Å². The molecule has 0 radical (unpaired) electrons. The standard InChI is InChI=1S/C18H30N2O/c1-14(2)9-19-10-17-7-5-6-8-18(17)12-20-11-16(4)21-13-15(20)3/h5-8,14-16,19H,9-13H2,1-4H3. The molecular weight excluding hydrogens is 260 g/mol. The molecule has 1 saturated heterocycles. The molecule has 1 heterocycles. The van der Waals surface area contributed by atoms with Crippen molar-refractivity contribution in [1.82, 2.24) is 10.2 Å². The van der Waals surface area contributed by atoms with Crippen molar-refractivity contribution in [2.45, 2.75) is 52.9 Å². The van der Waals surface area contributed by atoms with Gasteiger partial charge in [0, 0.05) is 25.7 Å². The highest BCUT2D eigenvalue weighted by Crippen LogP contribution is 2.18. The Bertz CT molecular complexity index is 433. The maximum Gasteiger partial charge on any atom is 0.0674 e. The minimum Gasteiger partial charge on any atom is -0.376 e. The summed E-state index contributed by atoms with van der Waals surface area (Å²) in [5.41, 5.74) is 2.86. The molecule has 1 aromatic rings. The average molecular weight is 290 g/mol. The molecule has 0 amide bonds. The van der Waals surface area contributed by atoms with Crippen LogP contribution in [0.25, 0.3) is 0 Å². The van der Waals surface area contributed by atoms with E-state index in [4.69, 9.17) is 4.74 Å². The molecule has 118 valence electrons. The van der Waals surface area contributed by atoms with Crippen molar-refractivity contribution in [2.24, 2.45) is 5.92 Å². The van der Waals surface area contributed by atoms with Gasteiger partial charge in [-0.05, 0) is 37.4 Å². The van der Waals surface area contributed by atoms with Gasteiger partial charge in [-0.25, -0.2) is 0 Å². The molecule has 1 aliphatic rings. The van der Waals surface area contributed by atoms with Gasteiger partial charge in [0.25, 0.3) is 0 Å². The minimum atomic E-state index is 0.340. The van der Waals surface area contributed by atoms with Crippen molar-refractivity contribution in [1.29, 1.82) is 0 Å².